The fourth-order valence-corrected chi connectivity index (χ4v) is 4.13. The molecule has 2 fully saturated rings. The first-order valence-electron chi connectivity index (χ1n) is 12.1. The Hall–Kier alpha value is -0.440. The zero-order chi connectivity index (χ0) is 24.4. The Morgan fingerprint density at radius 2 is 1.15 bits per heavy atom. The largest absolute Gasteiger partial charge is 0.394 e. The molecule has 2 heterocycles. The van der Waals surface area contributed by atoms with Gasteiger partial charge >= 0.3 is 0 Å². The van der Waals surface area contributed by atoms with Crippen molar-refractivity contribution in [3.8, 4) is 0 Å². The van der Waals surface area contributed by atoms with Gasteiger partial charge in [-0.2, -0.15) is 0 Å². The molecule has 0 aromatic heterocycles. The van der Waals surface area contributed by atoms with Gasteiger partial charge in [-0.15, -0.1) is 0 Å². The van der Waals surface area contributed by atoms with Crippen molar-refractivity contribution in [2.45, 2.75) is 120 Å². The summed E-state index contributed by atoms with van der Waals surface area (Å²) in [5, 5.41) is 69.9. The van der Waals surface area contributed by atoms with Gasteiger partial charge in [0.05, 0.1) is 13.2 Å². The SMILES string of the molecule is CCCCCCCCCCO[C@@H]1O[C@@H](CO)[C@H](O[C@@H]2O[C@H](CO)[C@@H](O)[C@@H](O)[C@H]2O)[C@@H](O)[C@@H]1O. The van der Waals surface area contributed by atoms with Gasteiger partial charge in [0.25, 0.3) is 0 Å². The lowest BCUT2D eigenvalue weighted by Gasteiger charge is -2.45. The van der Waals surface area contributed by atoms with Gasteiger partial charge in [-0.05, 0) is 6.42 Å². The number of hydrogen-bond acceptors (Lipinski definition) is 11. The molecule has 0 amide bonds. The van der Waals surface area contributed by atoms with E-state index in [4.69, 9.17) is 18.9 Å². The monoisotopic (exact) mass is 482 g/mol. The predicted molar refractivity (Wildman–Crippen MR) is 115 cm³/mol. The molecule has 10 atom stereocenters. The lowest BCUT2D eigenvalue weighted by Crippen LogP contribution is -2.64. The van der Waals surface area contributed by atoms with Gasteiger partial charge in [0, 0.05) is 6.61 Å². The summed E-state index contributed by atoms with van der Waals surface area (Å²) in [5.41, 5.74) is 0. The normalized spacial score (nSPS) is 39.6. The van der Waals surface area contributed by atoms with Gasteiger partial charge < -0.3 is 54.7 Å². The Kier molecular flexibility index (Phi) is 13.0. The van der Waals surface area contributed by atoms with Crippen LogP contribution in [0.1, 0.15) is 58.3 Å². The third-order valence-corrected chi connectivity index (χ3v) is 6.24. The second-order valence-corrected chi connectivity index (χ2v) is 8.85. The maximum absolute atomic E-state index is 10.6. The number of aliphatic hydroxyl groups is 7. The highest BCUT2D eigenvalue weighted by Gasteiger charge is 2.50. The van der Waals surface area contributed by atoms with Crippen LogP contribution in [0.25, 0.3) is 0 Å². The summed E-state index contributed by atoms with van der Waals surface area (Å²) >= 11 is 0. The van der Waals surface area contributed by atoms with Crippen LogP contribution in [0, 0.1) is 0 Å². The van der Waals surface area contributed by atoms with Gasteiger partial charge in [-0.25, -0.2) is 0 Å². The van der Waals surface area contributed by atoms with Crippen LogP contribution in [-0.4, -0.2) is 117 Å². The van der Waals surface area contributed by atoms with Crippen LogP contribution < -0.4 is 0 Å². The maximum atomic E-state index is 10.6. The fourth-order valence-electron chi connectivity index (χ4n) is 4.13. The van der Waals surface area contributed by atoms with E-state index in [-0.39, 0.29) is 0 Å². The van der Waals surface area contributed by atoms with Gasteiger partial charge in [-0.3, -0.25) is 0 Å². The topological polar surface area (TPSA) is 179 Å². The summed E-state index contributed by atoms with van der Waals surface area (Å²) in [6.07, 6.45) is -5.35. The first kappa shape index (κ1) is 28.8. The first-order valence-corrected chi connectivity index (χ1v) is 12.1. The minimum atomic E-state index is -1.69. The molecule has 2 aliphatic rings. The summed E-state index contributed by atoms with van der Waals surface area (Å²) in [7, 11) is 0. The molecule has 2 aliphatic heterocycles. The fraction of sp³-hybridized carbons (Fsp3) is 1.00. The minimum absolute atomic E-state index is 0.319. The minimum Gasteiger partial charge on any atom is -0.394 e. The highest BCUT2D eigenvalue weighted by molar-refractivity contribution is 4.94. The lowest BCUT2D eigenvalue weighted by atomic mass is 9.97. The Bertz CT molecular complexity index is 521. The van der Waals surface area contributed by atoms with E-state index in [1.165, 1.54) is 32.1 Å². The Labute approximate surface area is 194 Å². The molecule has 11 heteroatoms. The maximum Gasteiger partial charge on any atom is 0.187 e. The Morgan fingerprint density at radius 1 is 0.606 bits per heavy atom. The van der Waals surface area contributed by atoms with Gasteiger partial charge in [-0.1, -0.05) is 51.9 Å². The molecule has 0 aromatic carbocycles. The molecule has 0 spiro atoms. The second kappa shape index (κ2) is 14.8. The zero-order valence-electron chi connectivity index (χ0n) is 19.3. The summed E-state index contributed by atoms with van der Waals surface area (Å²) in [5.74, 6) is 0. The number of hydrogen-bond donors (Lipinski definition) is 7. The van der Waals surface area contributed by atoms with Crippen molar-refractivity contribution in [3.05, 3.63) is 0 Å². The van der Waals surface area contributed by atoms with Crippen LogP contribution in [0.5, 0.6) is 0 Å². The molecule has 0 bridgehead atoms. The van der Waals surface area contributed by atoms with E-state index in [0.29, 0.717) is 6.61 Å². The first-order chi connectivity index (χ1) is 15.8. The third-order valence-electron chi connectivity index (χ3n) is 6.24. The van der Waals surface area contributed by atoms with Gasteiger partial charge in [0.2, 0.25) is 0 Å². The van der Waals surface area contributed by atoms with Crippen LogP contribution >= 0.6 is 0 Å². The summed E-state index contributed by atoms with van der Waals surface area (Å²) < 4.78 is 22.0. The standard InChI is InChI=1S/C22H42O11/c1-2-3-4-5-6-7-8-9-10-30-21-19(29)17(27)20(14(12-24)32-21)33-22-18(28)16(26)15(25)13(11-23)31-22/h13-29H,2-12H2,1H3/t13-,14+,15-,16-,17+,18-,19+,20+,21-,22+/m1/s1. The summed E-state index contributed by atoms with van der Waals surface area (Å²) in [4.78, 5) is 0. The molecule has 7 N–H and O–H groups in total. The molecule has 0 radical (unpaired) electrons. The number of rotatable bonds is 14. The van der Waals surface area contributed by atoms with Crippen LogP contribution in [0.3, 0.4) is 0 Å². The lowest BCUT2D eigenvalue weighted by molar-refractivity contribution is -0.359. The van der Waals surface area contributed by atoms with Crippen molar-refractivity contribution in [2.24, 2.45) is 0 Å². The molecule has 11 nitrogen and oxygen atoms in total. The van der Waals surface area contributed by atoms with Crippen LogP contribution in [0.4, 0.5) is 0 Å². The van der Waals surface area contributed by atoms with Gasteiger partial charge in [0.15, 0.2) is 12.6 Å². The smallest absolute Gasteiger partial charge is 0.187 e. The zero-order valence-corrected chi connectivity index (χ0v) is 19.3. The van der Waals surface area contributed by atoms with Gasteiger partial charge in [0.1, 0.15) is 48.8 Å². The summed E-state index contributed by atoms with van der Waals surface area (Å²) in [6.45, 7) is 1.28. The third kappa shape index (κ3) is 8.04. The van der Waals surface area contributed by atoms with E-state index in [0.717, 1.165) is 19.3 Å². The van der Waals surface area contributed by atoms with Crippen LogP contribution in [0.15, 0.2) is 0 Å². The number of unbranched alkanes of at least 4 members (excludes halogenated alkanes) is 7. The number of ether oxygens (including phenoxy) is 4. The van der Waals surface area contributed by atoms with E-state index >= 15 is 0 Å². The molecule has 0 aliphatic carbocycles. The van der Waals surface area contributed by atoms with E-state index in [9.17, 15) is 35.7 Å². The molecule has 2 saturated heterocycles. The quantitative estimate of drug-likeness (QED) is 0.147. The predicted octanol–water partition coefficient (Wildman–Crippen LogP) is -1.23. The van der Waals surface area contributed by atoms with E-state index in [1.54, 1.807) is 0 Å². The molecule has 2 rings (SSSR count). The molecular formula is C22H42O11. The van der Waals surface area contributed by atoms with Crippen LogP contribution in [0.2, 0.25) is 0 Å². The molecule has 196 valence electrons. The Morgan fingerprint density at radius 3 is 1.76 bits per heavy atom. The van der Waals surface area contributed by atoms with Crippen LogP contribution in [-0.2, 0) is 18.9 Å². The highest BCUT2D eigenvalue weighted by Crippen LogP contribution is 2.29. The van der Waals surface area contributed by atoms with E-state index in [2.05, 4.69) is 6.92 Å². The molecular weight excluding hydrogens is 440 g/mol. The average molecular weight is 483 g/mol. The van der Waals surface area contributed by atoms with Crippen molar-refractivity contribution >= 4 is 0 Å². The molecule has 33 heavy (non-hydrogen) atoms. The van der Waals surface area contributed by atoms with Crippen molar-refractivity contribution in [2.75, 3.05) is 19.8 Å². The van der Waals surface area contributed by atoms with E-state index < -0.39 is 74.6 Å². The van der Waals surface area contributed by atoms with Crippen molar-refractivity contribution in [3.63, 3.8) is 0 Å². The summed E-state index contributed by atoms with van der Waals surface area (Å²) in [6, 6.07) is 0. The van der Waals surface area contributed by atoms with Crippen molar-refractivity contribution in [1.82, 2.24) is 0 Å². The molecule has 0 unspecified atom stereocenters. The Balaban J connectivity index is 1.82. The molecule has 0 saturated carbocycles. The molecule has 0 aromatic rings. The number of aliphatic hydroxyl groups excluding tert-OH is 7. The highest BCUT2D eigenvalue weighted by atomic mass is 16.7. The average Bonchev–Trinajstić information content (AvgIpc) is 2.82. The second-order valence-electron chi connectivity index (χ2n) is 8.85. The van der Waals surface area contributed by atoms with Crippen molar-refractivity contribution < 1.29 is 54.7 Å². The van der Waals surface area contributed by atoms with Crippen molar-refractivity contribution in [1.29, 1.82) is 0 Å². The van der Waals surface area contributed by atoms with E-state index in [1.807, 2.05) is 0 Å².